The highest BCUT2D eigenvalue weighted by Gasteiger charge is 2.21. The molecule has 0 bridgehead atoms. The van der Waals surface area contributed by atoms with Gasteiger partial charge in [0.05, 0.1) is 5.56 Å². The van der Waals surface area contributed by atoms with Crippen molar-refractivity contribution in [1.29, 1.82) is 0 Å². The van der Waals surface area contributed by atoms with E-state index < -0.39 is 0 Å². The van der Waals surface area contributed by atoms with Crippen LogP contribution in [-0.4, -0.2) is 62.1 Å². The summed E-state index contributed by atoms with van der Waals surface area (Å²) in [6, 6.07) is 16.4. The molecule has 0 N–H and O–H groups in total. The smallest absolute Gasteiger partial charge is 0.338 e. The molecule has 32 heavy (non-hydrogen) atoms. The monoisotopic (exact) mass is 432 g/mol. The zero-order chi connectivity index (χ0) is 22.5. The molecule has 0 aromatic heterocycles. The third-order valence-electron chi connectivity index (χ3n) is 7.06. The van der Waals surface area contributed by atoms with Crippen molar-refractivity contribution in [2.75, 3.05) is 40.3 Å². The van der Waals surface area contributed by atoms with Crippen molar-refractivity contribution in [3.8, 4) is 11.1 Å². The Bertz CT molecular complexity index is 826. The van der Waals surface area contributed by atoms with Gasteiger partial charge in [-0.1, -0.05) is 43.0 Å². The minimum atomic E-state index is -0.216. The predicted molar refractivity (Wildman–Crippen MR) is 132 cm³/mol. The van der Waals surface area contributed by atoms with Gasteiger partial charge in [0.1, 0.15) is 6.10 Å². The summed E-state index contributed by atoms with van der Waals surface area (Å²) in [6.07, 6.45) is 5.47. The van der Waals surface area contributed by atoms with Crippen LogP contribution in [0.4, 0.5) is 0 Å². The maximum absolute atomic E-state index is 12.5. The molecule has 2 aromatic carbocycles. The first-order valence-electron chi connectivity index (χ1n) is 11.9. The lowest BCUT2D eigenvalue weighted by atomic mass is 9.88. The van der Waals surface area contributed by atoms with Gasteiger partial charge in [0, 0.05) is 13.1 Å². The van der Waals surface area contributed by atoms with Crippen molar-refractivity contribution in [3.63, 3.8) is 0 Å². The maximum atomic E-state index is 12.5. The second-order valence-electron chi connectivity index (χ2n) is 9.62. The minimum Gasteiger partial charge on any atom is -0.459 e. The number of allylic oxidation sites excluding steroid dienone is 1. The molecule has 2 fully saturated rings. The fraction of sp³-hybridized carbons (Fsp3) is 0.464. The van der Waals surface area contributed by atoms with Gasteiger partial charge in [-0.3, -0.25) is 0 Å². The third-order valence-corrected chi connectivity index (χ3v) is 7.06. The van der Waals surface area contributed by atoms with E-state index >= 15 is 0 Å². The van der Waals surface area contributed by atoms with Crippen molar-refractivity contribution in [2.24, 2.45) is 5.92 Å². The summed E-state index contributed by atoms with van der Waals surface area (Å²) in [5.74, 6) is 0.534. The normalized spacial score (nSPS) is 19.1. The summed E-state index contributed by atoms with van der Waals surface area (Å²) in [5, 5.41) is 0. The molecule has 0 saturated carbocycles. The van der Waals surface area contributed by atoms with Gasteiger partial charge in [-0.15, -0.1) is 0 Å². The fourth-order valence-electron chi connectivity index (χ4n) is 4.75. The van der Waals surface area contributed by atoms with E-state index in [4.69, 9.17) is 4.74 Å². The van der Waals surface area contributed by atoms with Crippen LogP contribution in [-0.2, 0) is 4.74 Å². The SMILES string of the molecule is C=C(CC1CCN(C)CC1)c1ccc(-c2ccc(C(=O)OC3CCN(C)CC3)cc2)cc1. The molecule has 170 valence electrons. The zero-order valence-electron chi connectivity index (χ0n) is 19.6. The number of rotatable bonds is 6. The minimum absolute atomic E-state index is 0.0357. The third kappa shape index (κ3) is 5.87. The summed E-state index contributed by atoms with van der Waals surface area (Å²) in [4.78, 5) is 17.2. The molecule has 2 aromatic rings. The summed E-state index contributed by atoms with van der Waals surface area (Å²) >= 11 is 0. The highest BCUT2D eigenvalue weighted by molar-refractivity contribution is 5.90. The van der Waals surface area contributed by atoms with Gasteiger partial charge in [-0.25, -0.2) is 4.79 Å². The number of piperidine rings is 2. The van der Waals surface area contributed by atoms with Crippen molar-refractivity contribution in [1.82, 2.24) is 9.80 Å². The number of benzene rings is 2. The summed E-state index contributed by atoms with van der Waals surface area (Å²) in [7, 11) is 4.31. The molecule has 0 radical (unpaired) electrons. The number of likely N-dealkylation sites (tertiary alicyclic amines) is 2. The standard InChI is InChI=1S/C28H36N2O2/c1-21(20-22-12-16-29(2)17-13-22)23-4-6-24(7-5-23)25-8-10-26(11-9-25)28(31)32-27-14-18-30(3)19-15-27/h4-11,22,27H,1,12-20H2,2-3H3. The lowest BCUT2D eigenvalue weighted by Gasteiger charge is -2.29. The van der Waals surface area contributed by atoms with Crippen LogP contribution in [0.3, 0.4) is 0 Å². The molecule has 0 aliphatic carbocycles. The zero-order valence-corrected chi connectivity index (χ0v) is 19.6. The fourth-order valence-corrected chi connectivity index (χ4v) is 4.75. The Kier molecular flexibility index (Phi) is 7.44. The maximum Gasteiger partial charge on any atom is 0.338 e. The molecule has 0 unspecified atom stereocenters. The van der Waals surface area contributed by atoms with Crippen LogP contribution in [0, 0.1) is 5.92 Å². The first-order chi connectivity index (χ1) is 15.5. The van der Waals surface area contributed by atoms with Gasteiger partial charge in [0.25, 0.3) is 0 Å². The highest BCUT2D eigenvalue weighted by Crippen LogP contribution is 2.29. The molecule has 2 aliphatic rings. The van der Waals surface area contributed by atoms with Gasteiger partial charge < -0.3 is 14.5 Å². The molecular weight excluding hydrogens is 396 g/mol. The number of ether oxygens (including phenoxy) is 1. The Balaban J connectivity index is 1.32. The largest absolute Gasteiger partial charge is 0.459 e. The van der Waals surface area contributed by atoms with Crippen LogP contribution in [0.15, 0.2) is 55.1 Å². The molecule has 4 heteroatoms. The van der Waals surface area contributed by atoms with Crippen LogP contribution in [0.5, 0.6) is 0 Å². The predicted octanol–water partition coefficient (Wildman–Crippen LogP) is 5.35. The number of carbonyl (C=O) groups is 1. The lowest BCUT2D eigenvalue weighted by Crippen LogP contribution is -2.35. The molecule has 0 spiro atoms. The van der Waals surface area contributed by atoms with Crippen molar-refractivity contribution in [3.05, 3.63) is 66.2 Å². The molecule has 2 aliphatic heterocycles. The Hall–Kier alpha value is -2.43. The second kappa shape index (κ2) is 10.5. The van der Waals surface area contributed by atoms with Gasteiger partial charge >= 0.3 is 5.97 Å². The van der Waals surface area contributed by atoms with Crippen molar-refractivity contribution >= 4 is 11.5 Å². The van der Waals surface area contributed by atoms with Crippen LogP contribution >= 0.6 is 0 Å². The van der Waals surface area contributed by atoms with Crippen LogP contribution in [0.25, 0.3) is 16.7 Å². The van der Waals surface area contributed by atoms with E-state index in [0.717, 1.165) is 49.4 Å². The van der Waals surface area contributed by atoms with E-state index in [1.54, 1.807) is 0 Å². The van der Waals surface area contributed by atoms with Crippen molar-refractivity contribution < 1.29 is 9.53 Å². The Morgan fingerprint density at radius 1 is 0.812 bits per heavy atom. The molecule has 2 saturated heterocycles. The first kappa shape index (κ1) is 22.8. The first-order valence-corrected chi connectivity index (χ1v) is 11.9. The van der Waals surface area contributed by atoms with E-state index in [1.807, 2.05) is 24.3 Å². The van der Waals surface area contributed by atoms with Crippen LogP contribution < -0.4 is 0 Å². The Morgan fingerprint density at radius 3 is 1.81 bits per heavy atom. The summed E-state index contributed by atoms with van der Waals surface area (Å²) < 4.78 is 5.70. The van der Waals surface area contributed by atoms with Gasteiger partial charge in [0.15, 0.2) is 0 Å². The number of hydrogen-bond acceptors (Lipinski definition) is 4. The van der Waals surface area contributed by atoms with E-state index in [9.17, 15) is 4.79 Å². The van der Waals surface area contributed by atoms with E-state index in [1.165, 1.54) is 37.1 Å². The van der Waals surface area contributed by atoms with E-state index in [0.29, 0.717) is 5.56 Å². The van der Waals surface area contributed by atoms with Crippen LogP contribution in [0.1, 0.15) is 48.0 Å². The highest BCUT2D eigenvalue weighted by atomic mass is 16.5. The Labute approximate surface area is 192 Å². The summed E-state index contributed by atoms with van der Waals surface area (Å²) in [5.41, 5.74) is 5.34. The van der Waals surface area contributed by atoms with E-state index in [-0.39, 0.29) is 12.1 Å². The molecule has 0 atom stereocenters. The van der Waals surface area contributed by atoms with Gasteiger partial charge in [0.2, 0.25) is 0 Å². The number of esters is 1. The topological polar surface area (TPSA) is 32.8 Å². The average Bonchev–Trinajstić information content (AvgIpc) is 2.82. The number of nitrogens with zero attached hydrogens (tertiary/aromatic N) is 2. The lowest BCUT2D eigenvalue weighted by molar-refractivity contribution is 0.0139. The van der Waals surface area contributed by atoms with Crippen molar-refractivity contribution in [2.45, 2.75) is 38.2 Å². The van der Waals surface area contributed by atoms with Gasteiger partial charge in [-0.2, -0.15) is 0 Å². The van der Waals surface area contributed by atoms with E-state index in [2.05, 4.69) is 54.7 Å². The average molecular weight is 433 g/mol. The second-order valence-corrected chi connectivity index (χ2v) is 9.62. The number of carbonyl (C=O) groups excluding carboxylic acids is 1. The molecule has 4 rings (SSSR count). The molecule has 2 heterocycles. The quantitative estimate of drug-likeness (QED) is 0.576. The molecule has 4 nitrogen and oxygen atoms in total. The molecular formula is C28H36N2O2. The molecule has 0 amide bonds. The van der Waals surface area contributed by atoms with Crippen LogP contribution in [0.2, 0.25) is 0 Å². The Morgan fingerprint density at radius 2 is 1.28 bits per heavy atom. The number of hydrogen-bond donors (Lipinski definition) is 0. The summed E-state index contributed by atoms with van der Waals surface area (Å²) in [6.45, 7) is 8.71. The van der Waals surface area contributed by atoms with Gasteiger partial charge in [-0.05, 0) is 99.6 Å².